The van der Waals surface area contributed by atoms with Crippen molar-refractivity contribution < 1.29 is 13.2 Å². The zero-order chi connectivity index (χ0) is 21.9. The Morgan fingerprint density at radius 1 is 0.839 bits per heavy atom. The number of carbonyl (C=O) groups is 1. The molecule has 3 rings (SSSR count). The minimum Gasteiger partial charge on any atom is -0.349 e. The fraction of sp³-hybridized carbons (Fsp3) is 0.160. The lowest BCUT2D eigenvalue weighted by molar-refractivity contribution is -0.121. The van der Waals surface area contributed by atoms with Crippen LogP contribution in [0.5, 0.6) is 0 Å². The molecule has 1 atom stereocenters. The molecule has 0 fully saturated rings. The predicted molar refractivity (Wildman–Crippen MR) is 124 cm³/mol. The summed E-state index contributed by atoms with van der Waals surface area (Å²) in [6, 6.07) is 28.7. The van der Waals surface area contributed by atoms with E-state index in [1.54, 1.807) is 0 Å². The van der Waals surface area contributed by atoms with Crippen LogP contribution in [0.4, 0.5) is 0 Å². The van der Waals surface area contributed by atoms with Gasteiger partial charge in [-0.2, -0.15) is 0 Å². The summed E-state index contributed by atoms with van der Waals surface area (Å²) < 4.78 is 26.7. The van der Waals surface area contributed by atoms with Gasteiger partial charge in [-0.3, -0.25) is 4.79 Å². The van der Waals surface area contributed by atoms with Crippen molar-refractivity contribution in [2.24, 2.45) is 0 Å². The van der Waals surface area contributed by atoms with Crippen molar-refractivity contribution in [3.05, 3.63) is 113 Å². The van der Waals surface area contributed by atoms with Gasteiger partial charge in [0.05, 0.1) is 6.04 Å². The summed E-state index contributed by atoms with van der Waals surface area (Å²) >= 11 is 0. The predicted octanol–water partition coefficient (Wildman–Crippen LogP) is 4.07. The zero-order valence-corrected chi connectivity index (χ0v) is 18.0. The molecule has 0 spiro atoms. The molecule has 0 aromatic heterocycles. The van der Waals surface area contributed by atoms with Crippen molar-refractivity contribution in [1.82, 2.24) is 10.0 Å². The van der Waals surface area contributed by atoms with Crippen LogP contribution in [0.2, 0.25) is 0 Å². The minimum absolute atomic E-state index is 0.0279. The van der Waals surface area contributed by atoms with Gasteiger partial charge in [0.1, 0.15) is 0 Å². The third kappa shape index (κ3) is 7.85. The normalized spacial score (nSPS) is 12.5. The third-order valence-corrected chi connectivity index (χ3v) is 5.82. The number of nitrogens with one attached hydrogen (secondary N) is 2. The fourth-order valence-corrected chi connectivity index (χ4v) is 3.96. The second-order valence-corrected chi connectivity index (χ2v) is 8.77. The maximum Gasteiger partial charge on any atom is 0.233 e. The van der Waals surface area contributed by atoms with Gasteiger partial charge in [0.15, 0.2) is 0 Å². The van der Waals surface area contributed by atoms with E-state index in [0.29, 0.717) is 6.42 Å². The van der Waals surface area contributed by atoms with Gasteiger partial charge in [-0.1, -0.05) is 91.0 Å². The van der Waals surface area contributed by atoms with Crippen molar-refractivity contribution in [1.29, 1.82) is 0 Å². The Hall–Kier alpha value is -3.22. The minimum atomic E-state index is -3.62. The topological polar surface area (TPSA) is 75.3 Å². The first-order chi connectivity index (χ1) is 15.0. The lowest BCUT2D eigenvalue weighted by atomic mass is 9.98. The average Bonchev–Trinajstić information content (AvgIpc) is 2.79. The quantitative estimate of drug-likeness (QED) is 0.505. The molecule has 0 saturated heterocycles. The molecule has 0 aliphatic carbocycles. The lowest BCUT2D eigenvalue weighted by Gasteiger charge is -2.19. The van der Waals surface area contributed by atoms with Crippen LogP contribution in [0.3, 0.4) is 0 Å². The summed E-state index contributed by atoms with van der Waals surface area (Å²) in [5.74, 6) is -0.209. The molecule has 0 heterocycles. The van der Waals surface area contributed by atoms with Crippen LogP contribution in [0.25, 0.3) is 6.08 Å². The van der Waals surface area contributed by atoms with Gasteiger partial charge >= 0.3 is 0 Å². The number of hydrogen-bond acceptors (Lipinski definition) is 3. The highest BCUT2D eigenvalue weighted by molar-refractivity contribution is 7.92. The molecular weight excluding hydrogens is 408 g/mol. The van der Waals surface area contributed by atoms with Crippen LogP contribution in [-0.2, 0) is 21.2 Å². The number of sulfonamides is 1. The van der Waals surface area contributed by atoms with E-state index in [0.717, 1.165) is 22.1 Å². The molecule has 6 heteroatoms. The maximum absolute atomic E-state index is 12.5. The average molecular weight is 435 g/mol. The Morgan fingerprint density at radius 3 is 2.06 bits per heavy atom. The monoisotopic (exact) mass is 434 g/mol. The molecule has 5 nitrogen and oxygen atoms in total. The van der Waals surface area contributed by atoms with E-state index in [4.69, 9.17) is 0 Å². The highest BCUT2D eigenvalue weighted by atomic mass is 32.2. The number of amides is 1. The van der Waals surface area contributed by atoms with Gasteiger partial charge < -0.3 is 5.32 Å². The molecule has 0 aliphatic heterocycles. The highest BCUT2D eigenvalue weighted by Gasteiger charge is 2.15. The van der Waals surface area contributed by atoms with Gasteiger partial charge in [-0.15, -0.1) is 0 Å². The highest BCUT2D eigenvalue weighted by Crippen LogP contribution is 2.18. The standard InChI is InChI=1S/C25H26N2O3S/c28-25(16-18-26-31(29,30)19-17-21-10-4-1-5-11-21)27-24(23-14-8-3-9-15-23)20-22-12-6-2-7-13-22/h1-15,17,19,24,26H,16,18,20H2,(H,27,28)/b19-17+. The number of rotatable bonds is 10. The number of benzene rings is 3. The number of carbonyl (C=O) groups excluding carboxylic acids is 1. The van der Waals surface area contributed by atoms with Crippen molar-refractivity contribution in [3.63, 3.8) is 0 Å². The third-order valence-electron chi connectivity index (χ3n) is 4.71. The molecular formula is C25H26N2O3S. The molecule has 1 amide bonds. The van der Waals surface area contributed by atoms with Crippen LogP contribution in [0.15, 0.2) is 96.4 Å². The molecule has 160 valence electrons. The largest absolute Gasteiger partial charge is 0.349 e. The number of hydrogen-bond donors (Lipinski definition) is 2. The van der Waals surface area contributed by atoms with Gasteiger partial charge in [0.2, 0.25) is 15.9 Å². The van der Waals surface area contributed by atoms with Crippen LogP contribution >= 0.6 is 0 Å². The first kappa shape index (κ1) is 22.5. The summed E-state index contributed by atoms with van der Waals surface area (Å²) in [6.07, 6.45) is 2.23. The van der Waals surface area contributed by atoms with E-state index < -0.39 is 10.0 Å². The van der Waals surface area contributed by atoms with E-state index in [1.807, 2.05) is 91.0 Å². The van der Waals surface area contributed by atoms with E-state index in [2.05, 4.69) is 10.0 Å². The summed E-state index contributed by atoms with van der Waals surface area (Å²) in [6.45, 7) is 0.0279. The van der Waals surface area contributed by atoms with Crippen molar-refractivity contribution >= 4 is 22.0 Å². The molecule has 0 radical (unpaired) electrons. The summed E-state index contributed by atoms with van der Waals surface area (Å²) in [5, 5.41) is 4.15. The molecule has 0 bridgehead atoms. The van der Waals surface area contributed by atoms with Crippen LogP contribution in [0, 0.1) is 0 Å². The Balaban J connectivity index is 1.55. The smallest absolute Gasteiger partial charge is 0.233 e. The first-order valence-electron chi connectivity index (χ1n) is 10.1. The fourth-order valence-electron chi connectivity index (χ4n) is 3.14. The molecule has 3 aromatic carbocycles. The van der Waals surface area contributed by atoms with Crippen LogP contribution in [0.1, 0.15) is 29.2 Å². The first-order valence-corrected chi connectivity index (χ1v) is 11.7. The van der Waals surface area contributed by atoms with E-state index in [-0.39, 0.29) is 24.9 Å². The SMILES string of the molecule is O=C(CCNS(=O)(=O)/C=C/c1ccccc1)NC(Cc1ccccc1)c1ccccc1. The van der Waals surface area contributed by atoms with Gasteiger partial charge in [0.25, 0.3) is 0 Å². The van der Waals surface area contributed by atoms with Crippen molar-refractivity contribution in [2.45, 2.75) is 18.9 Å². The Labute approximate surface area is 183 Å². The molecule has 31 heavy (non-hydrogen) atoms. The van der Waals surface area contributed by atoms with Crippen molar-refractivity contribution in [2.75, 3.05) is 6.54 Å². The maximum atomic E-state index is 12.5. The van der Waals surface area contributed by atoms with Gasteiger partial charge in [0, 0.05) is 18.4 Å². The summed E-state index contributed by atoms with van der Waals surface area (Å²) in [7, 11) is -3.62. The van der Waals surface area contributed by atoms with Crippen LogP contribution < -0.4 is 10.0 Å². The molecule has 0 aliphatic rings. The Morgan fingerprint density at radius 2 is 1.42 bits per heavy atom. The molecule has 2 N–H and O–H groups in total. The zero-order valence-electron chi connectivity index (χ0n) is 17.1. The van der Waals surface area contributed by atoms with Crippen LogP contribution in [-0.4, -0.2) is 20.9 Å². The van der Waals surface area contributed by atoms with Crippen molar-refractivity contribution in [3.8, 4) is 0 Å². The summed E-state index contributed by atoms with van der Waals surface area (Å²) in [4.78, 5) is 12.5. The lowest BCUT2D eigenvalue weighted by Crippen LogP contribution is -2.33. The van der Waals surface area contributed by atoms with E-state index in [9.17, 15) is 13.2 Å². The summed E-state index contributed by atoms with van der Waals surface area (Å²) in [5.41, 5.74) is 2.91. The second kappa shape index (κ2) is 11.2. The molecule has 3 aromatic rings. The molecule has 1 unspecified atom stereocenters. The molecule has 0 saturated carbocycles. The van der Waals surface area contributed by atoms with E-state index in [1.165, 1.54) is 6.08 Å². The van der Waals surface area contributed by atoms with Gasteiger partial charge in [-0.05, 0) is 29.2 Å². The van der Waals surface area contributed by atoms with E-state index >= 15 is 0 Å². The Kier molecular flexibility index (Phi) is 8.15. The Bertz CT molecular complexity index is 1080. The van der Waals surface area contributed by atoms with Gasteiger partial charge in [-0.25, -0.2) is 13.1 Å². The second-order valence-electron chi connectivity index (χ2n) is 7.12.